The Morgan fingerprint density at radius 3 is 2.44 bits per heavy atom. The number of carbonyl (C=O) groups excluding carboxylic acids is 2. The molecule has 7 heteroatoms. The Labute approximate surface area is 192 Å². The second-order valence-electron chi connectivity index (χ2n) is 9.15. The Kier molecular flexibility index (Phi) is 5.69. The largest absolute Gasteiger partial charge is 0.323 e. The van der Waals surface area contributed by atoms with Crippen LogP contribution in [0.4, 0.5) is 16.2 Å². The number of amides is 2. The van der Waals surface area contributed by atoms with Crippen LogP contribution in [0.5, 0.6) is 0 Å². The van der Waals surface area contributed by atoms with Crippen molar-refractivity contribution in [3.8, 4) is 0 Å². The van der Waals surface area contributed by atoms with Crippen LogP contribution in [0.15, 0.2) is 36.4 Å². The van der Waals surface area contributed by atoms with E-state index in [0.29, 0.717) is 29.6 Å². The molecule has 6 nitrogen and oxygen atoms in total. The zero-order valence-corrected chi connectivity index (χ0v) is 19.3. The number of anilines is 2. The fourth-order valence-electron chi connectivity index (χ4n) is 4.98. The number of rotatable bonds is 5. The maximum atomic E-state index is 13.0. The van der Waals surface area contributed by atoms with Crippen molar-refractivity contribution >= 4 is 44.8 Å². The van der Waals surface area contributed by atoms with Gasteiger partial charge >= 0.3 is 6.03 Å². The third-order valence-electron chi connectivity index (χ3n) is 7.00. The molecule has 0 saturated carbocycles. The van der Waals surface area contributed by atoms with Gasteiger partial charge in [0.2, 0.25) is 0 Å². The van der Waals surface area contributed by atoms with Gasteiger partial charge in [-0.05, 0) is 105 Å². The summed E-state index contributed by atoms with van der Waals surface area (Å²) in [6.07, 6.45) is 3.02. The molecule has 1 aromatic heterocycles. The first-order chi connectivity index (χ1) is 15.5. The monoisotopic (exact) mass is 448 g/mol. The molecule has 0 spiro atoms. The van der Waals surface area contributed by atoms with E-state index < -0.39 is 0 Å². The third-order valence-corrected chi connectivity index (χ3v) is 7.81. The second-order valence-corrected chi connectivity index (χ2v) is 9.95. The summed E-state index contributed by atoms with van der Waals surface area (Å²) in [5, 5.41) is 6.62. The number of hydrogen-bond donors (Lipinski definition) is 2. The highest BCUT2D eigenvalue weighted by molar-refractivity contribution is 7.13. The fraction of sp³-hybridized carbons (Fsp3) is 0.400. The molecule has 1 atom stereocenters. The van der Waals surface area contributed by atoms with E-state index in [9.17, 15) is 9.59 Å². The molecule has 6 rings (SSSR count). The molecule has 3 aliphatic rings. The minimum atomic E-state index is -0.296. The van der Waals surface area contributed by atoms with Crippen molar-refractivity contribution in [1.29, 1.82) is 0 Å². The number of benzene rings is 2. The topological polar surface area (TPSA) is 74.3 Å². The van der Waals surface area contributed by atoms with Gasteiger partial charge in [0.05, 0.1) is 4.70 Å². The molecule has 0 aliphatic carbocycles. The normalized spacial score (nSPS) is 22.1. The highest BCUT2D eigenvalue weighted by atomic mass is 32.1. The summed E-state index contributed by atoms with van der Waals surface area (Å²) in [5.74, 6) is 1.28. The average Bonchev–Trinajstić information content (AvgIpc) is 3.20. The van der Waals surface area contributed by atoms with Crippen LogP contribution in [0.3, 0.4) is 0 Å². The number of aryl methyl sites for hydroxylation is 2. The maximum Gasteiger partial charge on any atom is 0.323 e. The SMILES string of the molecule is Cc1ccc(NC(=O)Nc2ccc3c(C(=O)C[C@H]4CN5CCC4CC5)nsc3c2)cc1C. The molecule has 2 amide bonds. The lowest BCUT2D eigenvalue weighted by molar-refractivity contribution is 0.0440. The Morgan fingerprint density at radius 1 is 1.03 bits per heavy atom. The fourth-order valence-corrected chi connectivity index (χ4v) is 5.82. The van der Waals surface area contributed by atoms with Gasteiger partial charge in [-0.1, -0.05) is 6.07 Å². The van der Waals surface area contributed by atoms with Crippen molar-refractivity contribution in [3.63, 3.8) is 0 Å². The van der Waals surface area contributed by atoms with Crippen LogP contribution in [0.25, 0.3) is 10.1 Å². The third kappa shape index (κ3) is 4.27. The number of piperidine rings is 3. The number of ketones is 1. The molecule has 3 aromatic rings. The lowest BCUT2D eigenvalue weighted by Gasteiger charge is -2.44. The summed E-state index contributed by atoms with van der Waals surface area (Å²) < 4.78 is 5.39. The molecular formula is C25H28N4O2S. The van der Waals surface area contributed by atoms with E-state index in [0.717, 1.165) is 27.9 Å². The average molecular weight is 449 g/mol. The maximum absolute atomic E-state index is 13.0. The number of nitrogens with zero attached hydrogens (tertiary/aromatic N) is 2. The Morgan fingerprint density at radius 2 is 1.75 bits per heavy atom. The lowest BCUT2D eigenvalue weighted by atomic mass is 9.76. The zero-order chi connectivity index (χ0) is 22.2. The van der Waals surface area contributed by atoms with Crippen molar-refractivity contribution in [2.75, 3.05) is 30.3 Å². The van der Waals surface area contributed by atoms with Gasteiger partial charge in [-0.3, -0.25) is 4.79 Å². The first-order valence-electron chi connectivity index (χ1n) is 11.3. The van der Waals surface area contributed by atoms with Gasteiger partial charge in [-0.25, -0.2) is 4.79 Å². The summed E-state index contributed by atoms with van der Waals surface area (Å²) in [6.45, 7) is 7.47. The van der Waals surface area contributed by atoms with Crippen LogP contribution in [-0.2, 0) is 0 Å². The van der Waals surface area contributed by atoms with Gasteiger partial charge in [-0.15, -0.1) is 0 Å². The lowest BCUT2D eigenvalue weighted by Crippen LogP contribution is -2.47. The number of aromatic nitrogens is 1. The number of carbonyl (C=O) groups is 2. The molecule has 32 heavy (non-hydrogen) atoms. The number of nitrogens with one attached hydrogen (secondary N) is 2. The molecular weight excluding hydrogens is 420 g/mol. The number of urea groups is 1. The molecule has 0 unspecified atom stereocenters. The Balaban J connectivity index is 1.25. The molecule has 166 valence electrons. The number of hydrogen-bond acceptors (Lipinski definition) is 5. The summed E-state index contributed by atoms with van der Waals surface area (Å²) in [5.41, 5.74) is 4.33. The zero-order valence-electron chi connectivity index (χ0n) is 18.5. The van der Waals surface area contributed by atoms with Crippen molar-refractivity contribution in [2.45, 2.75) is 33.1 Å². The standard InChI is InChI=1S/C25H28N4O2S/c1-15-3-4-19(11-16(15)2)26-25(31)27-20-5-6-21-23(13-20)32-28-24(21)22(30)12-18-14-29-9-7-17(18)8-10-29/h3-6,11,13,17-18H,7-10,12,14H2,1-2H3,(H2,26,27,31)/t18-/m0/s1. The Bertz CT molecular complexity index is 1180. The van der Waals surface area contributed by atoms with E-state index >= 15 is 0 Å². The van der Waals surface area contributed by atoms with Gasteiger partial charge in [0.1, 0.15) is 5.69 Å². The molecule has 3 fully saturated rings. The van der Waals surface area contributed by atoms with Crippen LogP contribution < -0.4 is 10.6 Å². The van der Waals surface area contributed by atoms with E-state index in [-0.39, 0.29) is 11.8 Å². The minimum absolute atomic E-state index is 0.142. The van der Waals surface area contributed by atoms with E-state index in [1.54, 1.807) is 0 Å². The predicted octanol–water partition coefficient (Wildman–Crippen LogP) is 5.47. The summed E-state index contributed by atoms with van der Waals surface area (Å²) in [7, 11) is 0. The summed E-state index contributed by atoms with van der Waals surface area (Å²) in [6, 6.07) is 11.2. The molecule has 2 N–H and O–H groups in total. The minimum Gasteiger partial charge on any atom is -0.308 e. The van der Waals surface area contributed by atoms with Gasteiger partial charge in [0.25, 0.3) is 0 Å². The Hall–Kier alpha value is -2.77. The van der Waals surface area contributed by atoms with Crippen molar-refractivity contribution in [1.82, 2.24) is 9.27 Å². The first-order valence-corrected chi connectivity index (χ1v) is 12.0. The van der Waals surface area contributed by atoms with Crippen LogP contribution >= 0.6 is 11.5 Å². The molecule has 3 aliphatic heterocycles. The highest BCUT2D eigenvalue weighted by Gasteiger charge is 2.35. The van der Waals surface area contributed by atoms with Crippen LogP contribution in [-0.4, -0.2) is 40.7 Å². The van der Waals surface area contributed by atoms with Crippen molar-refractivity contribution in [2.24, 2.45) is 11.8 Å². The van der Waals surface area contributed by atoms with Crippen molar-refractivity contribution in [3.05, 3.63) is 53.2 Å². The van der Waals surface area contributed by atoms with Gasteiger partial charge in [-0.2, -0.15) is 4.37 Å². The summed E-state index contributed by atoms with van der Waals surface area (Å²) in [4.78, 5) is 27.9. The van der Waals surface area contributed by atoms with Crippen LogP contribution in [0.1, 0.15) is 40.9 Å². The molecule has 2 bridgehead atoms. The van der Waals surface area contributed by atoms with Gasteiger partial charge < -0.3 is 15.5 Å². The van der Waals surface area contributed by atoms with Crippen LogP contribution in [0, 0.1) is 25.7 Å². The first kappa shape index (κ1) is 21.1. The van der Waals surface area contributed by atoms with E-state index in [4.69, 9.17) is 0 Å². The molecule has 0 radical (unpaired) electrons. The highest BCUT2D eigenvalue weighted by Crippen LogP contribution is 2.36. The van der Waals surface area contributed by atoms with Crippen molar-refractivity contribution < 1.29 is 9.59 Å². The molecule has 2 aromatic carbocycles. The van der Waals surface area contributed by atoms with E-state index in [1.165, 1.54) is 43.0 Å². The number of Topliss-reactive ketones (excluding diaryl/α,β-unsaturated/α-hetero) is 1. The number of fused-ring (bicyclic) bond motifs is 4. The van der Waals surface area contributed by atoms with E-state index in [2.05, 4.69) is 19.9 Å². The molecule has 3 saturated heterocycles. The van der Waals surface area contributed by atoms with Gasteiger partial charge in [0.15, 0.2) is 5.78 Å². The van der Waals surface area contributed by atoms with Gasteiger partial charge in [0, 0.05) is 29.7 Å². The van der Waals surface area contributed by atoms with E-state index in [1.807, 2.05) is 50.2 Å². The smallest absolute Gasteiger partial charge is 0.308 e. The van der Waals surface area contributed by atoms with Crippen LogP contribution in [0.2, 0.25) is 0 Å². The quantitative estimate of drug-likeness (QED) is 0.508. The molecule has 4 heterocycles. The second kappa shape index (κ2) is 8.64. The summed E-state index contributed by atoms with van der Waals surface area (Å²) >= 11 is 1.32. The predicted molar refractivity (Wildman–Crippen MR) is 130 cm³/mol.